The van der Waals surface area contributed by atoms with Gasteiger partial charge in [0.2, 0.25) is 0 Å². The summed E-state index contributed by atoms with van der Waals surface area (Å²) in [4.78, 5) is 13.7. The summed E-state index contributed by atoms with van der Waals surface area (Å²) in [5.74, 6) is 0. The van der Waals surface area contributed by atoms with Gasteiger partial charge in [-0.1, -0.05) is 12.7 Å². The Bertz CT molecular complexity index is 505. The van der Waals surface area contributed by atoms with Crippen LogP contribution in [0.3, 0.4) is 0 Å². The number of alkyl halides is 3. The quantitative estimate of drug-likeness (QED) is 0.743. The molecule has 2 aliphatic rings. The van der Waals surface area contributed by atoms with E-state index in [0.29, 0.717) is 0 Å². The molecule has 22 heavy (non-hydrogen) atoms. The van der Waals surface area contributed by atoms with Crippen LogP contribution in [0.25, 0.3) is 0 Å². The summed E-state index contributed by atoms with van der Waals surface area (Å²) >= 11 is 0. The highest BCUT2D eigenvalue weighted by atomic mass is 19.4. The number of allylic oxidation sites excluding steroid dienone is 1. The van der Waals surface area contributed by atoms with Gasteiger partial charge in [-0.05, 0) is 32.8 Å². The normalized spacial score (nSPS) is 25.5. The Morgan fingerprint density at radius 1 is 1.36 bits per heavy atom. The first kappa shape index (κ1) is 16.9. The Hall–Kier alpha value is -1.50. The summed E-state index contributed by atoms with van der Waals surface area (Å²) < 4.78 is 49.1. The minimum Gasteiger partial charge on any atom is -0.444 e. The van der Waals surface area contributed by atoms with Crippen molar-refractivity contribution in [3.8, 4) is 0 Å². The van der Waals surface area contributed by atoms with E-state index in [1.807, 2.05) is 0 Å². The molecular formula is C15H20F3NO3. The van der Waals surface area contributed by atoms with Gasteiger partial charge in [-0.25, -0.2) is 4.79 Å². The predicted octanol–water partition coefficient (Wildman–Crippen LogP) is 3.44. The highest BCUT2D eigenvalue weighted by molar-refractivity contribution is 5.70. The number of ether oxygens (including phenoxy) is 2. The number of hydrogen-bond donors (Lipinski definition) is 0. The lowest BCUT2D eigenvalue weighted by molar-refractivity contribution is -0.0912. The molecule has 1 saturated heterocycles. The first-order chi connectivity index (χ1) is 9.99. The average molecular weight is 319 g/mol. The molecule has 2 unspecified atom stereocenters. The van der Waals surface area contributed by atoms with E-state index in [1.165, 1.54) is 11.0 Å². The maximum atomic E-state index is 12.8. The topological polar surface area (TPSA) is 38.8 Å². The molecule has 2 atom stereocenters. The van der Waals surface area contributed by atoms with Crippen molar-refractivity contribution in [3.05, 3.63) is 23.8 Å². The zero-order chi connectivity index (χ0) is 16.7. The second kappa shape index (κ2) is 5.61. The second-order valence-electron chi connectivity index (χ2n) is 6.52. The molecule has 0 aliphatic carbocycles. The van der Waals surface area contributed by atoms with Crippen molar-refractivity contribution in [2.24, 2.45) is 0 Å². The lowest BCUT2D eigenvalue weighted by atomic mass is 9.90. The molecule has 2 aliphatic heterocycles. The van der Waals surface area contributed by atoms with E-state index in [0.717, 1.165) is 0 Å². The van der Waals surface area contributed by atoms with Gasteiger partial charge in [0, 0.05) is 0 Å². The number of hydrogen-bond acceptors (Lipinski definition) is 3. The molecule has 2 heterocycles. The molecule has 1 fully saturated rings. The van der Waals surface area contributed by atoms with Gasteiger partial charge in [0.25, 0.3) is 0 Å². The molecule has 0 aromatic carbocycles. The number of morpholine rings is 1. The molecule has 0 aromatic heterocycles. The zero-order valence-corrected chi connectivity index (χ0v) is 12.9. The van der Waals surface area contributed by atoms with Crippen molar-refractivity contribution in [1.29, 1.82) is 0 Å². The molecule has 0 saturated carbocycles. The van der Waals surface area contributed by atoms with Crippen molar-refractivity contribution < 1.29 is 27.4 Å². The Labute approximate surface area is 127 Å². The summed E-state index contributed by atoms with van der Waals surface area (Å²) in [6, 6.07) is -1.02. The molecule has 0 spiro atoms. The summed E-state index contributed by atoms with van der Waals surface area (Å²) in [6.07, 6.45) is -3.52. The lowest BCUT2D eigenvalue weighted by Gasteiger charge is -2.44. The van der Waals surface area contributed by atoms with Crippen LogP contribution >= 0.6 is 0 Å². The van der Waals surface area contributed by atoms with Gasteiger partial charge in [0.1, 0.15) is 5.60 Å². The van der Waals surface area contributed by atoms with Crippen molar-refractivity contribution >= 4 is 6.09 Å². The van der Waals surface area contributed by atoms with Crippen LogP contribution in [0.1, 0.15) is 27.2 Å². The fraction of sp³-hybridized carbons (Fsp3) is 0.667. The Kier molecular flexibility index (Phi) is 4.30. The summed E-state index contributed by atoms with van der Waals surface area (Å²) in [5, 5.41) is 0. The SMILES string of the molecule is C=C(C1=CC2COCC(C1)N2C(=O)OC(C)(C)C)C(F)(F)F. The van der Waals surface area contributed by atoms with Crippen LogP contribution in [0.2, 0.25) is 0 Å². The van der Waals surface area contributed by atoms with E-state index in [4.69, 9.17) is 9.47 Å². The predicted molar refractivity (Wildman–Crippen MR) is 74.4 cm³/mol. The largest absolute Gasteiger partial charge is 0.444 e. The van der Waals surface area contributed by atoms with E-state index in [-0.39, 0.29) is 25.2 Å². The molecule has 2 rings (SSSR count). The van der Waals surface area contributed by atoms with Crippen LogP contribution < -0.4 is 0 Å². The Balaban J connectivity index is 2.22. The molecule has 1 amide bonds. The molecule has 4 nitrogen and oxygen atoms in total. The maximum Gasteiger partial charge on any atom is 0.416 e. The van der Waals surface area contributed by atoms with Gasteiger partial charge in [-0.3, -0.25) is 4.90 Å². The third-order valence-electron chi connectivity index (χ3n) is 3.53. The zero-order valence-electron chi connectivity index (χ0n) is 12.9. The van der Waals surface area contributed by atoms with Crippen LogP contribution in [0.15, 0.2) is 23.8 Å². The third-order valence-corrected chi connectivity index (χ3v) is 3.53. The number of rotatable bonds is 1. The molecule has 2 bridgehead atoms. The Morgan fingerprint density at radius 2 is 2.00 bits per heavy atom. The Morgan fingerprint density at radius 3 is 2.50 bits per heavy atom. The molecule has 7 heteroatoms. The van der Waals surface area contributed by atoms with Crippen LogP contribution in [0.5, 0.6) is 0 Å². The number of halogens is 3. The number of nitrogens with zero attached hydrogens (tertiary/aromatic N) is 1. The van der Waals surface area contributed by atoms with Crippen LogP contribution in [-0.4, -0.2) is 48.1 Å². The first-order valence-electron chi connectivity index (χ1n) is 7.05. The third kappa shape index (κ3) is 3.63. The monoisotopic (exact) mass is 319 g/mol. The molecule has 0 aromatic rings. The van der Waals surface area contributed by atoms with Crippen LogP contribution in [0, 0.1) is 0 Å². The van der Waals surface area contributed by atoms with Gasteiger partial charge in [-0.2, -0.15) is 13.2 Å². The number of fused-ring (bicyclic) bond motifs is 2. The minimum absolute atomic E-state index is 0.0636. The van der Waals surface area contributed by atoms with Gasteiger partial charge < -0.3 is 9.47 Å². The number of amides is 1. The van der Waals surface area contributed by atoms with Crippen molar-refractivity contribution in [2.45, 2.75) is 51.1 Å². The average Bonchev–Trinajstić information content (AvgIpc) is 2.32. The fourth-order valence-corrected chi connectivity index (χ4v) is 2.60. The number of carbonyl (C=O) groups excluding carboxylic acids is 1. The molecular weight excluding hydrogens is 299 g/mol. The molecule has 0 N–H and O–H groups in total. The van der Waals surface area contributed by atoms with Crippen molar-refractivity contribution in [3.63, 3.8) is 0 Å². The fourth-order valence-electron chi connectivity index (χ4n) is 2.60. The molecule has 124 valence electrons. The van der Waals surface area contributed by atoms with Crippen LogP contribution in [0.4, 0.5) is 18.0 Å². The van der Waals surface area contributed by atoms with Gasteiger partial charge in [0.15, 0.2) is 0 Å². The highest BCUT2D eigenvalue weighted by Gasteiger charge is 2.43. The van der Waals surface area contributed by atoms with Gasteiger partial charge in [0.05, 0.1) is 30.9 Å². The summed E-state index contributed by atoms with van der Waals surface area (Å²) in [7, 11) is 0. The number of carbonyl (C=O) groups is 1. The van der Waals surface area contributed by atoms with E-state index >= 15 is 0 Å². The first-order valence-corrected chi connectivity index (χ1v) is 7.05. The van der Waals surface area contributed by atoms with E-state index < -0.39 is 35.5 Å². The molecule has 0 radical (unpaired) electrons. The highest BCUT2D eigenvalue weighted by Crippen LogP contribution is 2.37. The van der Waals surface area contributed by atoms with E-state index in [1.54, 1.807) is 20.8 Å². The van der Waals surface area contributed by atoms with Crippen molar-refractivity contribution in [2.75, 3.05) is 13.2 Å². The summed E-state index contributed by atoms with van der Waals surface area (Å²) in [6.45, 7) is 8.72. The smallest absolute Gasteiger partial charge is 0.416 e. The second-order valence-corrected chi connectivity index (χ2v) is 6.52. The summed E-state index contributed by atoms with van der Waals surface area (Å²) in [5.41, 5.74) is -1.38. The van der Waals surface area contributed by atoms with Gasteiger partial charge >= 0.3 is 12.3 Å². The maximum absolute atomic E-state index is 12.8. The van der Waals surface area contributed by atoms with Crippen LogP contribution in [-0.2, 0) is 9.47 Å². The van der Waals surface area contributed by atoms with Crippen molar-refractivity contribution in [1.82, 2.24) is 4.90 Å². The van der Waals surface area contributed by atoms with E-state index in [2.05, 4.69) is 6.58 Å². The standard InChI is InChI=1S/C15H20F3NO3/c1-9(15(16,17)18)10-5-11-7-21-8-12(6-10)19(11)13(20)22-14(2,3)4/h5,11-12H,1,6-8H2,2-4H3. The van der Waals surface area contributed by atoms with Gasteiger partial charge in [-0.15, -0.1) is 0 Å². The van der Waals surface area contributed by atoms with E-state index in [9.17, 15) is 18.0 Å². The lowest BCUT2D eigenvalue weighted by Crippen LogP contribution is -2.57. The minimum atomic E-state index is -4.46.